The summed E-state index contributed by atoms with van der Waals surface area (Å²) in [4.78, 5) is 14.8. The van der Waals surface area contributed by atoms with Crippen LogP contribution in [0.1, 0.15) is 11.4 Å². The van der Waals surface area contributed by atoms with Gasteiger partial charge in [0.2, 0.25) is 6.41 Å². The van der Waals surface area contributed by atoms with Gasteiger partial charge in [0.1, 0.15) is 0 Å². The zero-order valence-electron chi connectivity index (χ0n) is 19.3. The summed E-state index contributed by atoms with van der Waals surface area (Å²) < 4.78 is 17.6. The Morgan fingerprint density at radius 2 is 1.73 bits per heavy atom. The highest BCUT2D eigenvalue weighted by molar-refractivity contribution is 5.85. The van der Waals surface area contributed by atoms with E-state index in [-0.39, 0.29) is 0 Å². The average molecular weight is 453 g/mol. The van der Waals surface area contributed by atoms with E-state index < -0.39 is 0 Å². The van der Waals surface area contributed by atoms with Crippen LogP contribution in [0, 0.1) is 6.92 Å². The minimum atomic E-state index is 0.468. The van der Waals surface area contributed by atoms with Crippen LogP contribution in [0.2, 0.25) is 0 Å². The molecule has 0 bridgehead atoms. The molecule has 1 amide bonds. The topological polar surface area (TPSA) is 86.6 Å². The van der Waals surface area contributed by atoms with Gasteiger partial charge in [-0.1, -0.05) is 18.2 Å². The first-order chi connectivity index (χ1) is 16.3. The number of carbonyl (C=O) groups is 1. The molecule has 176 valence electrons. The number of carbonyl (C=O) groups excluding carboxylic acids is 1. The van der Waals surface area contributed by atoms with E-state index in [0.29, 0.717) is 19.7 Å². The number of nitrogens with one attached hydrogen (secondary N) is 2. The van der Waals surface area contributed by atoms with Crippen molar-refractivity contribution >= 4 is 17.8 Å². The fourth-order valence-electron chi connectivity index (χ4n) is 3.71. The highest BCUT2D eigenvalue weighted by Crippen LogP contribution is 2.39. The summed E-state index contributed by atoms with van der Waals surface area (Å²) >= 11 is 0. The minimum absolute atomic E-state index is 0.468. The average Bonchev–Trinajstić information content (AvgIpc) is 3.12. The van der Waals surface area contributed by atoms with Gasteiger partial charge in [-0.2, -0.15) is 0 Å². The van der Waals surface area contributed by atoms with Gasteiger partial charge in [-0.25, -0.2) is 0 Å². The second-order valence-electron chi connectivity index (χ2n) is 7.39. The number of hydrogen-bond donors (Lipinski definition) is 2. The van der Waals surface area contributed by atoms with Gasteiger partial charge in [0.25, 0.3) is 0 Å². The van der Waals surface area contributed by atoms with Crippen LogP contribution >= 0.6 is 0 Å². The van der Waals surface area contributed by atoms with Crippen LogP contribution in [-0.2, 0) is 32.2 Å². The zero-order valence-corrected chi connectivity index (χ0v) is 19.3. The summed E-state index contributed by atoms with van der Waals surface area (Å²) in [5.74, 6) is 0. The van der Waals surface area contributed by atoms with E-state index in [2.05, 4.69) is 27.1 Å². The van der Waals surface area contributed by atoms with Crippen LogP contribution < -0.4 is 10.6 Å². The van der Waals surface area contributed by atoms with Crippen LogP contribution in [-0.4, -0.2) is 56.0 Å². The second-order valence-corrected chi connectivity index (χ2v) is 7.39. The van der Waals surface area contributed by atoms with Crippen molar-refractivity contribution in [3.8, 4) is 11.1 Å². The number of rotatable bonds is 9. The van der Waals surface area contributed by atoms with Crippen LogP contribution in [0.4, 0.5) is 11.4 Å². The summed E-state index contributed by atoms with van der Waals surface area (Å²) in [6, 6.07) is 14.1. The summed E-state index contributed by atoms with van der Waals surface area (Å²) in [6.45, 7) is 6.88. The number of amides is 1. The fourth-order valence-corrected chi connectivity index (χ4v) is 3.71. The van der Waals surface area contributed by atoms with Gasteiger partial charge >= 0.3 is 0 Å². The molecule has 4 rings (SSSR count). The lowest BCUT2D eigenvalue weighted by atomic mass is 10.0. The molecule has 3 aromatic rings. The third-order valence-corrected chi connectivity index (χ3v) is 5.23. The van der Waals surface area contributed by atoms with Crippen molar-refractivity contribution in [3.63, 3.8) is 0 Å². The third kappa shape index (κ3) is 6.89. The van der Waals surface area contributed by atoms with E-state index in [1.54, 1.807) is 19.5 Å². The Kier molecular flexibility index (Phi) is 9.90. The summed E-state index contributed by atoms with van der Waals surface area (Å²) in [7, 11) is 1.69. The van der Waals surface area contributed by atoms with E-state index in [1.807, 2.05) is 42.5 Å². The maximum absolute atomic E-state index is 10.7. The highest BCUT2D eigenvalue weighted by atomic mass is 16.6. The van der Waals surface area contributed by atoms with Gasteiger partial charge in [0, 0.05) is 49.5 Å². The van der Waals surface area contributed by atoms with Crippen LogP contribution in [0.15, 0.2) is 54.9 Å². The molecule has 2 N–H and O–H groups in total. The van der Waals surface area contributed by atoms with Crippen molar-refractivity contribution < 1.29 is 19.0 Å². The normalized spacial score (nSPS) is 13.0. The molecule has 0 saturated carbocycles. The smallest absolute Gasteiger partial charge is 0.207 e. The lowest BCUT2D eigenvalue weighted by Gasteiger charge is -2.12. The summed E-state index contributed by atoms with van der Waals surface area (Å²) in [5.41, 5.74) is 6.36. The quantitative estimate of drug-likeness (QED) is 0.382. The SMILES string of the molecule is C1COCCO1.COCc1c(-c2ccncc2)c(Nc2ccccc2)c(C)n1CCNC=O. The molecule has 1 fully saturated rings. The summed E-state index contributed by atoms with van der Waals surface area (Å²) in [5, 5.41) is 6.30. The van der Waals surface area contributed by atoms with E-state index in [9.17, 15) is 4.79 Å². The number of aromatic nitrogens is 2. The number of pyridine rings is 1. The molecule has 3 heterocycles. The molecule has 1 aliphatic heterocycles. The predicted molar refractivity (Wildman–Crippen MR) is 129 cm³/mol. The third-order valence-electron chi connectivity index (χ3n) is 5.23. The van der Waals surface area contributed by atoms with Crippen molar-refractivity contribution in [3.05, 3.63) is 66.2 Å². The molecule has 8 heteroatoms. The number of benzene rings is 1. The Morgan fingerprint density at radius 1 is 1.06 bits per heavy atom. The van der Waals surface area contributed by atoms with E-state index in [0.717, 1.165) is 66.7 Å². The van der Waals surface area contributed by atoms with E-state index >= 15 is 0 Å². The molecule has 8 nitrogen and oxygen atoms in total. The first kappa shape index (κ1) is 24.4. The maximum atomic E-state index is 10.7. The van der Waals surface area contributed by atoms with Crippen LogP contribution in [0.5, 0.6) is 0 Å². The molecule has 1 saturated heterocycles. The van der Waals surface area contributed by atoms with Crippen molar-refractivity contribution in [2.75, 3.05) is 45.4 Å². The van der Waals surface area contributed by atoms with Crippen LogP contribution in [0.3, 0.4) is 0 Å². The van der Waals surface area contributed by atoms with Crippen LogP contribution in [0.25, 0.3) is 11.1 Å². The summed E-state index contributed by atoms with van der Waals surface area (Å²) in [6.07, 6.45) is 4.30. The van der Waals surface area contributed by atoms with Gasteiger partial charge in [0.05, 0.1) is 44.4 Å². The Hall–Kier alpha value is -3.20. The Labute approximate surface area is 194 Å². The van der Waals surface area contributed by atoms with Crippen molar-refractivity contribution in [2.45, 2.75) is 20.1 Å². The first-order valence-electron chi connectivity index (χ1n) is 11.0. The number of anilines is 2. The van der Waals surface area contributed by atoms with Crippen molar-refractivity contribution in [1.82, 2.24) is 14.9 Å². The lowest BCUT2D eigenvalue weighted by Crippen LogP contribution is -2.20. The van der Waals surface area contributed by atoms with Gasteiger partial charge in [-0.3, -0.25) is 9.78 Å². The number of methoxy groups -OCH3 is 1. The molecule has 0 unspecified atom stereocenters. The molecule has 1 aliphatic rings. The molecule has 1 aromatic carbocycles. The van der Waals surface area contributed by atoms with E-state index in [4.69, 9.17) is 14.2 Å². The Bertz CT molecular complexity index is 962. The van der Waals surface area contributed by atoms with Crippen molar-refractivity contribution in [1.29, 1.82) is 0 Å². The van der Waals surface area contributed by atoms with E-state index in [1.165, 1.54) is 0 Å². The molecule has 0 atom stereocenters. The second kappa shape index (κ2) is 13.4. The first-order valence-corrected chi connectivity index (χ1v) is 11.0. The molecular formula is C25H32N4O4. The number of ether oxygens (including phenoxy) is 3. The Balaban J connectivity index is 0.000000442. The Morgan fingerprint density at radius 3 is 2.30 bits per heavy atom. The zero-order chi connectivity index (χ0) is 23.3. The lowest BCUT2D eigenvalue weighted by molar-refractivity contribution is -0.109. The van der Waals surface area contributed by atoms with Gasteiger partial charge in [-0.15, -0.1) is 0 Å². The van der Waals surface area contributed by atoms with Gasteiger partial charge < -0.3 is 29.4 Å². The van der Waals surface area contributed by atoms with Gasteiger partial charge in [0.15, 0.2) is 0 Å². The fraction of sp³-hybridized carbons (Fsp3) is 0.360. The molecule has 0 aliphatic carbocycles. The molecule has 0 spiro atoms. The number of nitrogens with zero attached hydrogens (tertiary/aromatic N) is 2. The molecule has 33 heavy (non-hydrogen) atoms. The van der Waals surface area contributed by atoms with Crippen molar-refractivity contribution in [2.24, 2.45) is 0 Å². The molecule has 0 radical (unpaired) electrons. The number of hydrogen-bond acceptors (Lipinski definition) is 6. The standard InChI is InChI=1S/C21H24N4O2.C4H8O2/c1-16-21(24-18-6-4-3-5-7-18)20(17-8-10-22-11-9-17)19(14-27-2)25(16)13-12-23-15-26;1-2-6-4-3-5-1/h3-11,15,24H,12-14H2,1-2H3,(H,23,26);1-4H2. The van der Waals surface area contributed by atoms with Gasteiger partial charge in [-0.05, 0) is 36.8 Å². The minimum Gasteiger partial charge on any atom is -0.378 e. The highest BCUT2D eigenvalue weighted by Gasteiger charge is 2.21. The monoisotopic (exact) mass is 452 g/mol. The molecule has 2 aromatic heterocycles. The largest absolute Gasteiger partial charge is 0.378 e. The predicted octanol–water partition coefficient (Wildman–Crippen LogP) is 3.53. The number of para-hydroxylation sites is 1. The maximum Gasteiger partial charge on any atom is 0.207 e. The molecular weight excluding hydrogens is 420 g/mol.